The van der Waals surface area contributed by atoms with E-state index in [0.29, 0.717) is 18.8 Å². The van der Waals surface area contributed by atoms with Gasteiger partial charge in [-0.25, -0.2) is 13.1 Å². The summed E-state index contributed by atoms with van der Waals surface area (Å²) in [5.41, 5.74) is 0. The number of halogens is 1. The molecule has 0 spiro atoms. The Kier molecular flexibility index (Phi) is 11.0. The molecule has 4 nitrogen and oxygen atoms in total. The molecule has 0 saturated carbocycles. The second-order valence-electron chi connectivity index (χ2n) is 3.30. The van der Waals surface area contributed by atoms with Gasteiger partial charge in [0, 0.05) is 24.8 Å². The van der Waals surface area contributed by atoms with Crippen molar-refractivity contribution in [1.82, 2.24) is 4.72 Å². The predicted molar refractivity (Wildman–Crippen MR) is 70.8 cm³/mol. The van der Waals surface area contributed by atoms with Gasteiger partial charge < -0.3 is 5.11 Å². The minimum atomic E-state index is -3.12. The molecule has 0 aromatic carbocycles. The van der Waals surface area contributed by atoms with Gasteiger partial charge in [0.2, 0.25) is 10.0 Å². The zero-order valence-corrected chi connectivity index (χ0v) is 11.7. The summed E-state index contributed by atoms with van der Waals surface area (Å²) in [4.78, 5) is 0. The Balaban J connectivity index is 3.43. The molecule has 0 aliphatic rings. The molecule has 16 heavy (non-hydrogen) atoms. The molecule has 0 fully saturated rings. The van der Waals surface area contributed by atoms with Crippen LogP contribution in [0.1, 0.15) is 19.3 Å². The monoisotopic (exact) mass is 289 g/mol. The lowest BCUT2D eigenvalue weighted by atomic mass is 10.4. The van der Waals surface area contributed by atoms with Crippen LogP contribution in [-0.4, -0.2) is 49.8 Å². The molecule has 2 N–H and O–H groups in total. The zero-order chi connectivity index (χ0) is 12.3. The Labute approximate surface area is 107 Å². The molecule has 0 aliphatic carbocycles. The minimum Gasteiger partial charge on any atom is -0.396 e. The molecule has 0 aromatic heterocycles. The molecule has 0 heterocycles. The number of aliphatic hydroxyl groups is 1. The first kappa shape index (κ1) is 16.5. The molecule has 0 aliphatic heterocycles. The van der Waals surface area contributed by atoms with Gasteiger partial charge in [-0.05, 0) is 25.0 Å². The summed E-state index contributed by atoms with van der Waals surface area (Å²) in [5.74, 6) is 2.27. The molecule has 0 rings (SSSR count). The standard InChI is InChI=1S/C9H20ClNO3S2/c10-4-1-2-9-16(13,14)11-5-8-15-7-3-6-12/h11-12H,1-9H2. The third kappa shape index (κ3) is 11.0. The highest BCUT2D eigenvalue weighted by Crippen LogP contribution is 2.01. The van der Waals surface area contributed by atoms with Crippen LogP contribution in [0.2, 0.25) is 0 Å². The van der Waals surface area contributed by atoms with E-state index in [2.05, 4.69) is 4.72 Å². The number of sulfonamides is 1. The predicted octanol–water partition coefficient (Wildman–Crippen LogP) is 1.04. The molecular formula is C9H20ClNO3S2. The van der Waals surface area contributed by atoms with Crippen molar-refractivity contribution in [2.24, 2.45) is 0 Å². The maximum atomic E-state index is 11.4. The van der Waals surface area contributed by atoms with Crippen LogP contribution in [0.3, 0.4) is 0 Å². The van der Waals surface area contributed by atoms with Crippen molar-refractivity contribution < 1.29 is 13.5 Å². The molecule has 0 atom stereocenters. The van der Waals surface area contributed by atoms with Crippen molar-refractivity contribution in [2.45, 2.75) is 19.3 Å². The number of hydrogen-bond acceptors (Lipinski definition) is 4. The van der Waals surface area contributed by atoms with Gasteiger partial charge in [-0.15, -0.1) is 11.6 Å². The molecule has 7 heteroatoms. The SMILES string of the molecule is O=S(=O)(CCCCCl)NCCSCCCO. The van der Waals surface area contributed by atoms with Crippen molar-refractivity contribution in [1.29, 1.82) is 0 Å². The summed E-state index contributed by atoms with van der Waals surface area (Å²) < 4.78 is 25.3. The van der Waals surface area contributed by atoms with E-state index in [1.54, 1.807) is 11.8 Å². The second kappa shape index (κ2) is 10.7. The van der Waals surface area contributed by atoms with Crippen LogP contribution in [0, 0.1) is 0 Å². The molecule has 0 radical (unpaired) electrons. The number of nitrogens with one attached hydrogen (secondary N) is 1. The van der Waals surface area contributed by atoms with Gasteiger partial charge in [0.15, 0.2) is 0 Å². The first-order valence-electron chi connectivity index (χ1n) is 5.34. The highest BCUT2D eigenvalue weighted by atomic mass is 35.5. The maximum absolute atomic E-state index is 11.4. The van der Waals surface area contributed by atoms with Crippen LogP contribution >= 0.6 is 23.4 Å². The highest BCUT2D eigenvalue weighted by Gasteiger charge is 2.08. The van der Waals surface area contributed by atoms with Gasteiger partial charge in [0.1, 0.15) is 0 Å². The number of unbranched alkanes of at least 4 members (excludes halogenated alkanes) is 1. The molecule has 0 bridgehead atoms. The normalized spacial score (nSPS) is 11.9. The van der Waals surface area contributed by atoms with E-state index in [9.17, 15) is 8.42 Å². The van der Waals surface area contributed by atoms with Gasteiger partial charge in [0.05, 0.1) is 5.75 Å². The van der Waals surface area contributed by atoms with E-state index in [1.165, 1.54) is 0 Å². The van der Waals surface area contributed by atoms with E-state index >= 15 is 0 Å². The third-order valence-corrected chi connectivity index (χ3v) is 4.62. The smallest absolute Gasteiger partial charge is 0.211 e. The van der Waals surface area contributed by atoms with Crippen molar-refractivity contribution in [3.8, 4) is 0 Å². The zero-order valence-electron chi connectivity index (χ0n) is 9.32. The topological polar surface area (TPSA) is 66.4 Å². The van der Waals surface area contributed by atoms with Gasteiger partial charge >= 0.3 is 0 Å². The molecule has 0 saturated heterocycles. The fraction of sp³-hybridized carbons (Fsp3) is 1.00. The van der Waals surface area contributed by atoms with E-state index < -0.39 is 10.0 Å². The minimum absolute atomic E-state index is 0.154. The summed E-state index contributed by atoms with van der Waals surface area (Å²) in [5, 5.41) is 8.54. The summed E-state index contributed by atoms with van der Waals surface area (Å²) in [7, 11) is -3.12. The Bertz CT molecular complexity index is 247. The molecular weight excluding hydrogens is 270 g/mol. The Morgan fingerprint density at radius 2 is 1.94 bits per heavy atom. The fourth-order valence-corrected chi connectivity index (χ4v) is 3.24. The largest absolute Gasteiger partial charge is 0.396 e. The first-order chi connectivity index (χ1) is 7.62. The second-order valence-corrected chi connectivity index (χ2v) is 6.83. The van der Waals surface area contributed by atoms with Crippen LogP contribution in [0.15, 0.2) is 0 Å². The van der Waals surface area contributed by atoms with Gasteiger partial charge in [-0.3, -0.25) is 0 Å². The van der Waals surface area contributed by atoms with Crippen molar-refractivity contribution >= 4 is 33.4 Å². The number of alkyl halides is 1. The Morgan fingerprint density at radius 3 is 2.56 bits per heavy atom. The number of rotatable bonds is 11. The lowest BCUT2D eigenvalue weighted by molar-refractivity contribution is 0.296. The van der Waals surface area contributed by atoms with E-state index in [4.69, 9.17) is 16.7 Å². The third-order valence-electron chi connectivity index (χ3n) is 1.81. The molecule has 0 amide bonds. The van der Waals surface area contributed by atoms with Gasteiger partial charge in [-0.2, -0.15) is 11.8 Å². The number of thioether (sulfide) groups is 1. The summed E-state index contributed by atoms with van der Waals surface area (Å²) >= 11 is 7.11. The Morgan fingerprint density at radius 1 is 1.19 bits per heavy atom. The van der Waals surface area contributed by atoms with Gasteiger partial charge in [-0.1, -0.05) is 0 Å². The van der Waals surface area contributed by atoms with Crippen LogP contribution in [-0.2, 0) is 10.0 Å². The molecule has 98 valence electrons. The average molecular weight is 290 g/mol. The maximum Gasteiger partial charge on any atom is 0.211 e. The average Bonchev–Trinajstić information content (AvgIpc) is 2.23. The van der Waals surface area contributed by atoms with Crippen LogP contribution < -0.4 is 4.72 Å². The summed E-state index contributed by atoms with van der Waals surface area (Å²) in [6, 6.07) is 0. The summed E-state index contributed by atoms with van der Waals surface area (Å²) in [6.45, 7) is 0.649. The highest BCUT2D eigenvalue weighted by molar-refractivity contribution is 7.99. The van der Waals surface area contributed by atoms with Crippen LogP contribution in [0.25, 0.3) is 0 Å². The van der Waals surface area contributed by atoms with E-state index in [1.807, 2.05) is 0 Å². The van der Waals surface area contributed by atoms with Gasteiger partial charge in [0.25, 0.3) is 0 Å². The van der Waals surface area contributed by atoms with E-state index in [0.717, 1.165) is 24.3 Å². The summed E-state index contributed by atoms with van der Waals surface area (Å²) in [6.07, 6.45) is 2.09. The molecule has 0 unspecified atom stereocenters. The van der Waals surface area contributed by atoms with Crippen LogP contribution in [0.5, 0.6) is 0 Å². The van der Waals surface area contributed by atoms with Crippen molar-refractivity contribution in [2.75, 3.05) is 36.3 Å². The number of hydrogen-bond donors (Lipinski definition) is 2. The van der Waals surface area contributed by atoms with Crippen molar-refractivity contribution in [3.63, 3.8) is 0 Å². The quantitative estimate of drug-likeness (QED) is 0.441. The van der Waals surface area contributed by atoms with Crippen molar-refractivity contribution in [3.05, 3.63) is 0 Å². The number of aliphatic hydroxyl groups excluding tert-OH is 1. The Hall–Kier alpha value is 0.510. The van der Waals surface area contributed by atoms with Crippen LogP contribution in [0.4, 0.5) is 0 Å². The fourth-order valence-electron chi connectivity index (χ4n) is 0.997. The first-order valence-corrected chi connectivity index (χ1v) is 8.68. The lowest BCUT2D eigenvalue weighted by Gasteiger charge is -2.05. The molecule has 0 aromatic rings. The van der Waals surface area contributed by atoms with E-state index in [-0.39, 0.29) is 12.4 Å². The lowest BCUT2D eigenvalue weighted by Crippen LogP contribution is -2.28.